The van der Waals surface area contributed by atoms with Crippen LogP contribution in [-0.4, -0.2) is 54.4 Å². The summed E-state index contributed by atoms with van der Waals surface area (Å²) in [5, 5.41) is 11.6. The second kappa shape index (κ2) is 6.75. The van der Waals surface area contributed by atoms with Crippen LogP contribution in [0.15, 0.2) is 0 Å². The average molecular weight is 270 g/mol. The van der Waals surface area contributed by atoms with Gasteiger partial charge in [-0.25, -0.2) is 4.79 Å². The smallest absolute Gasteiger partial charge is 0.317 e. The fourth-order valence-corrected chi connectivity index (χ4v) is 2.35. The van der Waals surface area contributed by atoms with E-state index >= 15 is 0 Å². The van der Waals surface area contributed by atoms with Crippen molar-refractivity contribution in [2.45, 2.75) is 38.1 Å². The lowest BCUT2D eigenvalue weighted by Crippen LogP contribution is -2.44. The number of nitrogens with one attached hydrogen (secondary N) is 1. The molecule has 2 fully saturated rings. The molecule has 1 saturated heterocycles. The minimum atomic E-state index is -0.862. The summed E-state index contributed by atoms with van der Waals surface area (Å²) in [6.07, 6.45) is 4.11. The van der Waals surface area contributed by atoms with Gasteiger partial charge in [0, 0.05) is 25.7 Å². The van der Waals surface area contributed by atoms with Crippen molar-refractivity contribution in [3.05, 3.63) is 0 Å². The van der Waals surface area contributed by atoms with Crippen LogP contribution >= 0.6 is 0 Å². The standard InChI is InChI=1S/C13H22N2O4/c16-12(17)5-6-15(11-3-4-11)13(18)14-8-10-2-1-7-19-9-10/h10-11H,1-9H2,(H,14,18)(H,16,17). The molecule has 2 rings (SSSR count). The largest absolute Gasteiger partial charge is 0.481 e. The summed E-state index contributed by atoms with van der Waals surface area (Å²) in [6.45, 7) is 2.44. The first kappa shape index (κ1) is 14.1. The topological polar surface area (TPSA) is 78.9 Å². The monoisotopic (exact) mass is 270 g/mol. The van der Waals surface area contributed by atoms with Crippen LogP contribution in [0.3, 0.4) is 0 Å². The second-order valence-electron chi connectivity index (χ2n) is 5.34. The number of carboxylic acid groups (broad SMARTS) is 1. The van der Waals surface area contributed by atoms with E-state index in [1.807, 2.05) is 0 Å². The van der Waals surface area contributed by atoms with E-state index in [-0.39, 0.29) is 18.5 Å². The maximum Gasteiger partial charge on any atom is 0.317 e. The Labute approximate surface area is 113 Å². The van der Waals surface area contributed by atoms with E-state index in [4.69, 9.17) is 9.84 Å². The average Bonchev–Trinajstić information content (AvgIpc) is 3.22. The molecule has 1 unspecified atom stereocenters. The van der Waals surface area contributed by atoms with Gasteiger partial charge >= 0.3 is 12.0 Å². The zero-order valence-electron chi connectivity index (χ0n) is 11.1. The SMILES string of the molecule is O=C(O)CCN(C(=O)NCC1CCCOC1)C1CC1. The number of rotatable bonds is 6. The Kier molecular flexibility index (Phi) is 5.01. The molecule has 2 amide bonds. The molecule has 108 valence electrons. The van der Waals surface area contributed by atoms with Crippen molar-refractivity contribution in [2.24, 2.45) is 5.92 Å². The van der Waals surface area contributed by atoms with Gasteiger partial charge in [0.25, 0.3) is 0 Å². The van der Waals surface area contributed by atoms with E-state index in [2.05, 4.69) is 5.32 Å². The number of urea groups is 1. The number of carboxylic acids is 1. The predicted molar refractivity (Wildman–Crippen MR) is 68.9 cm³/mol. The highest BCUT2D eigenvalue weighted by atomic mass is 16.5. The first-order valence-corrected chi connectivity index (χ1v) is 7.01. The third-order valence-electron chi connectivity index (χ3n) is 3.61. The van der Waals surface area contributed by atoms with Crippen molar-refractivity contribution in [2.75, 3.05) is 26.3 Å². The number of nitrogens with zero attached hydrogens (tertiary/aromatic N) is 1. The van der Waals surface area contributed by atoms with Gasteiger partial charge in [-0.15, -0.1) is 0 Å². The van der Waals surface area contributed by atoms with Crippen LogP contribution in [0.1, 0.15) is 32.1 Å². The Morgan fingerprint density at radius 3 is 2.68 bits per heavy atom. The zero-order valence-corrected chi connectivity index (χ0v) is 11.1. The summed E-state index contributed by atoms with van der Waals surface area (Å²) in [5.74, 6) is -0.475. The Morgan fingerprint density at radius 1 is 1.32 bits per heavy atom. The molecule has 19 heavy (non-hydrogen) atoms. The number of hydrogen-bond acceptors (Lipinski definition) is 3. The van der Waals surface area contributed by atoms with Crippen LogP contribution in [0.5, 0.6) is 0 Å². The van der Waals surface area contributed by atoms with Crippen molar-refractivity contribution < 1.29 is 19.4 Å². The minimum Gasteiger partial charge on any atom is -0.481 e. The first-order chi connectivity index (χ1) is 9.16. The normalized spacial score (nSPS) is 22.8. The predicted octanol–water partition coefficient (Wildman–Crippen LogP) is 1.06. The third-order valence-corrected chi connectivity index (χ3v) is 3.61. The molecule has 0 spiro atoms. The molecule has 2 N–H and O–H groups in total. The third kappa shape index (κ3) is 4.70. The van der Waals surface area contributed by atoms with Gasteiger partial charge in [-0.3, -0.25) is 4.79 Å². The molecule has 6 nitrogen and oxygen atoms in total. The summed E-state index contributed by atoms with van der Waals surface area (Å²) in [5.41, 5.74) is 0. The Hall–Kier alpha value is -1.30. The van der Waals surface area contributed by atoms with Crippen molar-refractivity contribution in [3.63, 3.8) is 0 Å². The number of carbonyl (C=O) groups is 2. The van der Waals surface area contributed by atoms with E-state index in [0.29, 0.717) is 25.6 Å². The molecular weight excluding hydrogens is 248 g/mol. The van der Waals surface area contributed by atoms with Gasteiger partial charge in [-0.05, 0) is 31.6 Å². The number of hydrogen-bond donors (Lipinski definition) is 2. The van der Waals surface area contributed by atoms with Crippen molar-refractivity contribution >= 4 is 12.0 Å². The summed E-state index contributed by atoms with van der Waals surface area (Å²) < 4.78 is 5.37. The molecule has 0 aromatic rings. The van der Waals surface area contributed by atoms with E-state index in [9.17, 15) is 9.59 Å². The first-order valence-electron chi connectivity index (χ1n) is 7.01. The van der Waals surface area contributed by atoms with Gasteiger partial charge < -0.3 is 20.1 Å². The van der Waals surface area contributed by atoms with E-state index < -0.39 is 5.97 Å². The van der Waals surface area contributed by atoms with Gasteiger partial charge in [0.2, 0.25) is 0 Å². The molecule has 6 heteroatoms. The summed E-state index contributed by atoms with van der Waals surface area (Å²) in [7, 11) is 0. The molecule has 0 bridgehead atoms. The molecule has 1 aliphatic heterocycles. The highest BCUT2D eigenvalue weighted by Crippen LogP contribution is 2.27. The van der Waals surface area contributed by atoms with Crippen LogP contribution in [0.4, 0.5) is 4.79 Å². The van der Waals surface area contributed by atoms with Gasteiger partial charge in [0.1, 0.15) is 0 Å². The number of carbonyl (C=O) groups excluding carboxylic acids is 1. The lowest BCUT2D eigenvalue weighted by Gasteiger charge is -2.26. The maximum atomic E-state index is 12.1. The molecule has 1 heterocycles. The van der Waals surface area contributed by atoms with Crippen LogP contribution in [0.25, 0.3) is 0 Å². The fourth-order valence-electron chi connectivity index (χ4n) is 2.35. The molecule has 1 saturated carbocycles. The van der Waals surface area contributed by atoms with Crippen LogP contribution < -0.4 is 5.32 Å². The lowest BCUT2D eigenvalue weighted by molar-refractivity contribution is -0.137. The summed E-state index contributed by atoms with van der Waals surface area (Å²) in [4.78, 5) is 24.3. The summed E-state index contributed by atoms with van der Waals surface area (Å²) in [6, 6.07) is 0.108. The van der Waals surface area contributed by atoms with Crippen LogP contribution in [0, 0.1) is 5.92 Å². The van der Waals surface area contributed by atoms with Gasteiger partial charge in [0.05, 0.1) is 13.0 Å². The highest BCUT2D eigenvalue weighted by Gasteiger charge is 2.32. The van der Waals surface area contributed by atoms with E-state index in [1.165, 1.54) is 0 Å². The Bertz CT molecular complexity index is 325. The molecular formula is C13H22N2O4. The lowest BCUT2D eigenvalue weighted by atomic mass is 10.0. The second-order valence-corrected chi connectivity index (χ2v) is 5.34. The number of ether oxygens (including phenoxy) is 1. The fraction of sp³-hybridized carbons (Fsp3) is 0.846. The quantitative estimate of drug-likeness (QED) is 0.756. The zero-order chi connectivity index (χ0) is 13.7. The molecule has 0 aromatic carbocycles. The molecule has 2 aliphatic rings. The minimum absolute atomic E-state index is 0.0104. The Morgan fingerprint density at radius 2 is 2.11 bits per heavy atom. The van der Waals surface area contributed by atoms with Gasteiger partial charge in [-0.1, -0.05) is 0 Å². The molecule has 0 aromatic heterocycles. The number of amides is 2. The Balaban J connectivity index is 1.73. The van der Waals surface area contributed by atoms with E-state index in [0.717, 1.165) is 32.3 Å². The van der Waals surface area contributed by atoms with Crippen molar-refractivity contribution in [1.82, 2.24) is 10.2 Å². The van der Waals surface area contributed by atoms with Crippen LogP contribution in [-0.2, 0) is 9.53 Å². The van der Waals surface area contributed by atoms with Crippen molar-refractivity contribution in [3.8, 4) is 0 Å². The summed E-state index contributed by atoms with van der Waals surface area (Å²) >= 11 is 0. The van der Waals surface area contributed by atoms with E-state index in [1.54, 1.807) is 4.90 Å². The number of aliphatic carboxylic acids is 1. The molecule has 0 radical (unpaired) electrons. The molecule has 1 aliphatic carbocycles. The van der Waals surface area contributed by atoms with Gasteiger partial charge in [-0.2, -0.15) is 0 Å². The van der Waals surface area contributed by atoms with Crippen LogP contribution in [0.2, 0.25) is 0 Å². The maximum absolute atomic E-state index is 12.1. The molecule has 1 atom stereocenters. The van der Waals surface area contributed by atoms with Crippen molar-refractivity contribution in [1.29, 1.82) is 0 Å². The highest BCUT2D eigenvalue weighted by molar-refractivity contribution is 5.76. The van der Waals surface area contributed by atoms with Gasteiger partial charge in [0.15, 0.2) is 0 Å².